The molecule has 0 radical (unpaired) electrons. The van der Waals surface area contributed by atoms with Crippen molar-refractivity contribution in [3.63, 3.8) is 0 Å². The number of rotatable bonds is 8. The minimum atomic E-state index is -0.297. The van der Waals surface area contributed by atoms with Gasteiger partial charge in [0.05, 0.1) is 0 Å². The highest BCUT2D eigenvalue weighted by atomic mass is 127. The standard InChI is InChI=1S/C20H25FN4O.HI/c1-4-5-6-13-25(3)20(22-2)24-15-16-7-12-19(23-14-16)26-18-10-8-17(21)9-11-18;/h4,7-12,14H,1,5-6,13,15H2,2-3H3,(H,22,24);1H. The molecule has 1 aromatic heterocycles. The van der Waals surface area contributed by atoms with Gasteiger partial charge in [0.2, 0.25) is 5.88 Å². The van der Waals surface area contributed by atoms with E-state index in [0.717, 1.165) is 30.9 Å². The highest BCUT2D eigenvalue weighted by molar-refractivity contribution is 14.0. The SMILES string of the molecule is C=CCCCN(C)C(=NC)NCc1ccc(Oc2ccc(F)cc2)nc1.I. The van der Waals surface area contributed by atoms with Crippen LogP contribution in [0.1, 0.15) is 18.4 Å². The Kier molecular flexibility index (Phi) is 10.4. The minimum absolute atomic E-state index is 0. The Morgan fingerprint density at radius 1 is 1.30 bits per heavy atom. The lowest BCUT2D eigenvalue weighted by atomic mass is 10.3. The average molecular weight is 484 g/mol. The van der Waals surface area contributed by atoms with Crippen molar-refractivity contribution in [1.29, 1.82) is 0 Å². The highest BCUT2D eigenvalue weighted by Crippen LogP contribution is 2.19. The molecule has 1 aromatic carbocycles. The normalized spacial score (nSPS) is 10.7. The zero-order chi connectivity index (χ0) is 18.8. The van der Waals surface area contributed by atoms with Gasteiger partial charge in [0.15, 0.2) is 5.96 Å². The fraction of sp³-hybridized carbons (Fsp3) is 0.300. The van der Waals surface area contributed by atoms with Gasteiger partial charge in [0.1, 0.15) is 11.6 Å². The lowest BCUT2D eigenvalue weighted by Crippen LogP contribution is -2.38. The molecule has 0 atom stereocenters. The number of hydrogen-bond acceptors (Lipinski definition) is 3. The predicted octanol–water partition coefficient (Wildman–Crippen LogP) is 4.60. The smallest absolute Gasteiger partial charge is 0.219 e. The molecule has 2 aromatic rings. The molecule has 27 heavy (non-hydrogen) atoms. The second kappa shape index (κ2) is 12.3. The van der Waals surface area contributed by atoms with Crippen molar-refractivity contribution in [1.82, 2.24) is 15.2 Å². The number of hydrogen-bond donors (Lipinski definition) is 1. The van der Waals surface area contributed by atoms with Crippen LogP contribution in [0.3, 0.4) is 0 Å². The van der Waals surface area contributed by atoms with Gasteiger partial charge in [-0.05, 0) is 42.7 Å². The summed E-state index contributed by atoms with van der Waals surface area (Å²) < 4.78 is 18.5. The molecule has 0 amide bonds. The van der Waals surface area contributed by atoms with E-state index >= 15 is 0 Å². The zero-order valence-corrected chi connectivity index (χ0v) is 18.0. The lowest BCUT2D eigenvalue weighted by Gasteiger charge is -2.21. The molecule has 5 nitrogen and oxygen atoms in total. The molecule has 146 valence electrons. The van der Waals surface area contributed by atoms with Crippen LogP contribution in [-0.2, 0) is 6.54 Å². The van der Waals surface area contributed by atoms with Crippen LogP contribution in [0.4, 0.5) is 4.39 Å². The Balaban J connectivity index is 0.00000364. The summed E-state index contributed by atoms with van der Waals surface area (Å²) in [7, 11) is 3.78. The Hall–Kier alpha value is -2.16. The van der Waals surface area contributed by atoms with Crippen LogP contribution in [-0.4, -0.2) is 36.5 Å². The van der Waals surface area contributed by atoms with E-state index in [0.29, 0.717) is 18.2 Å². The quantitative estimate of drug-likeness (QED) is 0.196. The number of unbranched alkanes of at least 4 members (excludes halogenated alkanes) is 1. The molecule has 0 saturated carbocycles. The van der Waals surface area contributed by atoms with Crippen molar-refractivity contribution >= 4 is 29.9 Å². The van der Waals surface area contributed by atoms with Crippen molar-refractivity contribution in [2.24, 2.45) is 4.99 Å². The molecule has 0 spiro atoms. The minimum Gasteiger partial charge on any atom is -0.439 e. The number of ether oxygens (including phenoxy) is 1. The van der Waals surface area contributed by atoms with Crippen molar-refractivity contribution < 1.29 is 9.13 Å². The third-order valence-corrected chi connectivity index (χ3v) is 3.76. The molecule has 0 unspecified atom stereocenters. The molecule has 2 rings (SSSR count). The number of halogens is 2. The van der Waals surface area contributed by atoms with E-state index in [1.165, 1.54) is 12.1 Å². The molecular weight excluding hydrogens is 458 g/mol. The summed E-state index contributed by atoms with van der Waals surface area (Å²) in [6.45, 7) is 5.26. The zero-order valence-electron chi connectivity index (χ0n) is 15.7. The molecule has 0 saturated heterocycles. The summed E-state index contributed by atoms with van der Waals surface area (Å²) in [5.41, 5.74) is 1.01. The van der Waals surface area contributed by atoms with Crippen molar-refractivity contribution in [2.45, 2.75) is 19.4 Å². The van der Waals surface area contributed by atoms with Crippen molar-refractivity contribution in [3.8, 4) is 11.6 Å². The van der Waals surface area contributed by atoms with E-state index in [1.807, 2.05) is 19.2 Å². The fourth-order valence-electron chi connectivity index (χ4n) is 2.34. The van der Waals surface area contributed by atoms with Crippen LogP contribution < -0.4 is 10.1 Å². The molecule has 0 fully saturated rings. The van der Waals surface area contributed by atoms with Gasteiger partial charge in [0, 0.05) is 39.4 Å². The number of nitrogens with zero attached hydrogens (tertiary/aromatic N) is 3. The van der Waals surface area contributed by atoms with Crippen LogP contribution in [0.5, 0.6) is 11.6 Å². The van der Waals surface area contributed by atoms with Gasteiger partial charge in [-0.15, -0.1) is 30.6 Å². The van der Waals surface area contributed by atoms with E-state index in [-0.39, 0.29) is 29.8 Å². The maximum absolute atomic E-state index is 12.9. The maximum Gasteiger partial charge on any atom is 0.219 e. The summed E-state index contributed by atoms with van der Waals surface area (Å²) in [6.07, 6.45) is 5.70. The fourth-order valence-corrected chi connectivity index (χ4v) is 2.34. The third-order valence-electron chi connectivity index (χ3n) is 3.76. The maximum atomic E-state index is 12.9. The van der Waals surface area contributed by atoms with E-state index in [4.69, 9.17) is 4.74 Å². The number of pyridine rings is 1. The molecule has 0 bridgehead atoms. The highest BCUT2D eigenvalue weighted by Gasteiger charge is 2.06. The van der Waals surface area contributed by atoms with Gasteiger partial charge in [-0.1, -0.05) is 12.1 Å². The number of benzene rings is 1. The molecule has 0 aliphatic heterocycles. The Morgan fingerprint density at radius 3 is 2.63 bits per heavy atom. The van der Waals surface area contributed by atoms with E-state index in [2.05, 4.69) is 26.8 Å². The summed E-state index contributed by atoms with van der Waals surface area (Å²) in [5, 5.41) is 3.32. The number of nitrogens with one attached hydrogen (secondary N) is 1. The number of guanidine groups is 1. The van der Waals surface area contributed by atoms with E-state index in [9.17, 15) is 4.39 Å². The molecule has 7 heteroatoms. The Labute approximate surface area is 177 Å². The monoisotopic (exact) mass is 484 g/mol. The number of allylic oxidation sites excluding steroid dienone is 1. The number of aromatic nitrogens is 1. The average Bonchev–Trinajstić information content (AvgIpc) is 2.65. The van der Waals surface area contributed by atoms with Crippen LogP contribution in [0.2, 0.25) is 0 Å². The molecule has 0 aliphatic carbocycles. The predicted molar refractivity (Wildman–Crippen MR) is 118 cm³/mol. The summed E-state index contributed by atoms with van der Waals surface area (Å²) in [6, 6.07) is 9.56. The first-order chi connectivity index (χ1) is 12.6. The summed E-state index contributed by atoms with van der Waals surface area (Å²) >= 11 is 0. The van der Waals surface area contributed by atoms with E-state index in [1.54, 1.807) is 31.4 Å². The summed E-state index contributed by atoms with van der Waals surface area (Å²) in [5.74, 6) is 1.55. The first-order valence-electron chi connectivity index (χ1n) is 8.53. The molecular formula is C20H26FIN4O. The Morgan fingerprint density at radius 2 is 2.04 bits per heavy atom. The third kappa shape index (κ3) is 7.94. The van der Waals surface area contributed by atoms with Gasteiger partial charge in [-0.3, -0.25) is 4.99 Å². The molecule has 1 N–H and O–H groups in total. The van der Waals surface area contributed by atoms with Gasteiger partial charge in [0.25, 0.3) is 0 Å². The van der Waals surface area contributed by atoms with Crippen LogP contribution >= 0.6 is 24.0 Å². The first-order valence-corrected chi connectivity index (χ1v) is 8.53. The van der Waals surface area contributed by atoms with Crippen LogP contribution in [0.15, 0.2) is 60.2 Å². The van der Waals surface area contributed by atoms with E-state index < -0.39 is 0 Å². The Bertz CT molecular complexity index is 720. The molecule has 0 aliphatic rings. The van der Waals surface area contributed by atoms with Crippen molar-refractivity contribution in [2.75, 3.05) is 20.6 Å². The van der Waals surface area contributed by atoms with Gasteiger partial charge < -0.3 is 15.0 Å². The van der Waals surface area contributed by atoms with Crippen molar-refractivity contribution in [3.05, 3.63) is 66.6 Å². The topological polar surface area (TPSA) is 49.8 Å². The largest absolute Gasteiger partial charge is 0.439 e. The van der Waals surface area contributed by atoms with Crippen LogP contribution in [0.25, 0.3) is 0 Å². The first kappa shape index (κ1) is 22.9. The second-order valence-corrected chi connectivity index (χ2v) is 5.81. The lowest BCUT2D eigenvalue weighted by molar-refractivity contribution is 0.460. The van der Waals surface area contributed by atoms with Gasteiger partial charge >= 0.3 is 0 Å². The number of aliphatic imine (C=N–C) groups is 1. The van der Waals surface area contributed by atoms with Gasteiger partial charge in [-0.25, -0.2) is 9.37 Å². The second-order valence-electron chi connectivity index (χ2n) is 5.81. The van der Waals surface area contributed by atoms with Crippen LogP contribution in [0, 0.1) is 5.82 Å². The summed E-state index contributed by atoms with van der Waals surface area (Å²) in [4.78, 5) is 10.7. The van der Waals surface area contributed by atoms with Gasteiger partial charge in [-0.2, -0.15) is 0 Å². The molecule has 1 heterocycles.